The van der Waals surface area contributed by atoms with Crippen LogP contribution in [0, 0.1) is 18.3 Å². The number of halogens is 1. The molecule has 0 radical (unpaired) electrons. The Bertz CT molecular complexity index is 441. The maximum Gasteiger partial charge on any atom is 0.0920 e. The van der Waals surface area contributed by atoms with Crippen LogP contribution in [0.15, 0.2) is 24.3 Å². The lowest BCUT2D eigenvalue weighted by molar-refractivity contribution is -0.0575. The van der Waals surface area contributed by atoms with Gasteiger partial charge in [-0.25, -0.2) is 0 Å². The molecular weight excluding hydrogens is 359 g/mol. The predicted octanol–water partition coefficient (Wildman–Crippen LogP) is 5.70. The zero-order chi connectivity index (χ0) is 14.8. The lowest BCUT2D eigenvalue weighted by Crippen LogP contribution is -2.33. The highest BCUT2D eigenvalue weighted by Crippen LogP contribution is 2.41. The third-order valence-electron chi connectivity index (χ3n) is 4.38. The summed E-state index contributed by atoms with van der Waals surface area (Å²) in [6.07, 6.45) is 4.38. The number of aryl methyl sites for hydroxylation is 1. The molecule has 1 nitrogen and oxygen atoms in total. The van der Waals surface area contributed by atoms with Gasteiger partial charge in [0.25, 0.3) is 0 Å². The summed E-state index contributed by atoms with van der Waals surface area (Å²) in [6, 6.07) is 8.63. The van der Waals surface area contributed by atoms with E-state index in [1.54, 1.807) is 0 Å². The number of ether oxygens (including phenoxy) is 1. The summed E-state index contributed by atoms with van der Waals surface area (Å²) in [7, 11) is 0. The molecule has 0 heterocycles. The fourth-order valence-corrected chi connectivity index (χ4v) is 4.42. The highest BCUT2D eigenvalue weighted by atomic mass is 127. The lowest BCUT2D eigenvalue weighted by Gasteiger charge is -2.40. The molecule has 0 aromatic heterocycles. The van der Waals surface area contributed by atoms with Crippen molar-refractivity contribution in [3.05, 3.63) is 35.4 Å². The average Bonchev–Trinajstić information content (AvgIpc) is 2.34. The van der Waals surface area contributed by atoms with E-state index in [9.17, 15) is 0 Å². The van der Waals surface area contributed by atoms with Gasteiger partial charge >= 0.3 is 0 Å². The van der Waals surface area contributed by atoms with Gasteiger partial charge in [-0.15, -0.1) is 0 Å². The maximum atomic E-state index is 6.51. The van der Waals surface area contributed by atoms with Crippen LogP contribution in [0.5, 0.6) is 0 Å². The van der Waals surface area contributed by atoms with Gasteiger partial charge < -0.3 is 4.74 Å². The molecule has 3 unspecified atom stereocenters. The van der Waals surface area contributed by atoms with Crippen LogP contribution in [0.3, 0.4) is 0 Å². The molecule has 20 heavy (non-hydrogen) atoms. The van der Waals surface area contributed by atoms with Gasteiger partial charge in [-0.2, -0.15) is 0 Å². The Labute approximate surface area is 137 Å². The van der Waals surface area contributed by atoms with Gasteiger partial charge in [0, 0.05) is 4.43 Å². The molecule has 112 valence electrons. The van der Waals surface area contributed by atoms with Gasteiger partial charge in [0.1, 0.15) is 0 Å². The molecular formula is C18H27IO. The quantitative estimate of drug-likeness (QED) is 0.476. The van der Waals surface area contributed by atoms with Crippen molar-refractivity contribution in [2.45, 2.75) is 59.2 Å². The molecule has 0 saturated heterocycles. The van der Waals surface area contributed by atoms with Crippen molar-refractivity contribution in [2.24, 2.45) is 11.3 Å². The van der Waals surface area contributed by atoms with Crippen molar-refractivity contribution in [1.82, 2.24) is 0 Å². The van der Waals surface area contributed by atoms with E-state index in [-0.39, 0.29) is 6.10 Å². The molecule has 0 spiro atoms. The minimum Gasteiger partial charge on any atom is -0.369 e. The van der Waals surface area contributed by atoms with Crippen molar-refractivity contribution in [3.63, 3.8) is 0 Å². The van der Waals surface area contributed by atoms with Crippen LogP contribution in [-0.2, 0) is 4.74 Å². The van der Waals surface area contributed by atoms with Crippen LogP contribution in [0.2, 0.25) is 0 Å². The smallest absolute Gasteiger partial charge is 0.0920 e. The van der Waals surface area contributed by atoms with E-state index < -0.39 is 0 Å². The summed E-state index contributed by atoms with van der Waals surface area (Å²) in [5.41, 5.74) is 3.12. The van der Waals surface area contributed by atoms with E-state index in [4.69, 9.17) is 4.74 Å². The molecule has 1 aliphatic carbocycles. The second kappa shape index (κ2) is 6.78. The van der Waals surface area contributed by atoms with Crippen molar-refractivity contribution in [2.75, 3.05) is 4.43 Å². The monoisotopic (exact) mass is 386 g/mol. The van der Waals surface area contributed by atoms with Gasteiger partial charge in [-0.05, 0) is 48.6 Å². The number of rotatable bonds is 4. The highest BCUT2D eigenvalue weighted by Gasteiger charge is 2.33. The molecule has 2 rings (SSSR count). The Balaban J connectivity index is 2.09. The molecule has 1 aliphatic rings. The minimum atomic E-state index is 0.239. The van der Waals surface area contributed by atoms with Crippen molar-refractivity contribution < 1.29 is 4.74 Å². The van der Waals surface area contributed by atoms with Gasteiger partial charge in [0.15, 0.2) is 0 Å². The van der Waals surface area contributed by atoms with Crippen LogP contribution in [0.1, 0.15) is 57.3 Å². The van der Waals surface area contributed by atoms with Gasteiger partial charge in [0.2, 0.25) is 0 Å². The highest BCUT2D eigenvalue weighted by molar-refractivity contribution is 14.1. The van der Waals surface area contributed by atoms with Gasteiger partial charge in [-0.3, -0.25) is 0 Å². The van der Waals surface area contributed by atoms with Crippen molar-refractivity contribution >= 4 is 22.6 Å². The third-order valence-corrected chi connectivity index (χ3v) is 5.18. The van der Waals surface area contributed by atoms with E-state index in [0.29, 0.717) is 11.5 Å². The predicted molar refractivity (Wildman–Crippen MR) is 94.5 cm³/mol. The van der Waals surface area contributed by atoms with E-state index in [0.717, 1.165) is 10.3 Å². The molecule has 1 fully saturated rings. The normalized spacial score (nSPS) is 27.2. The molecule has 0 bridgehead atoms. The summed E-state index contributed by atoms with van der Waals surface area (Å²) in [4.78, 5) is 0. The van der Waals surface area contributed by atoms with Gasteiger partial charge in [0.05, 0.1) is 12.2 Å². The molecule has 1 saturated carbocycles. The average molecular weight is 386 g/mol. The third kappa shape index (κ3) is 4.20. The molecule has 3 atom stereocenters. The first-order valence-electron chi connectivity index (χ1n) is 7.68. The second-order valence-corrected chi connectivity index (χ2v) is 8.05. The summed E-state index contributed by atoms with van der Waals surface area (Å²) >= 11 is 2.45. The van der Waals surface area contributed by atoms with Gasteiger partial charge in [-0.1, -0.05) is 67.6 Å². The number of alkyl halides is 1. The first-order chi connectivity index (χ1) is 9.41. The van der Waals surface area contributed by atoms with Crippen LogP contribution in [0.4, 0.5) is 0 Å². The first kappa shape index (κ1) is 16.3. The molecule has 1 aromatic rings. The molecule has 0 amide bonds. The molecule has 0 N–H and O–H groups in total. The molecule has 1 aromatic carbocycles. The van der Waals surface area contributed by atoms with Crippen LogP contribution >= 0.6 is 22.6 Å². The fourth-order valence-electron chi connectivity index (χ4n) is 3.74. The van der Waals surface area contributed by atoms with E-state index in [1.165, 1.54) is 30.4 Å². The van der Waals surface area contributed by atoms with Crippen molar-refractivity contribution in [1.29, 1.82) is 0 Å². The van der Waals surface area contributed by atoms with E-state index in [2.05, 4.69) is 74.6 Å². The number of hydrogen-bond acceptors (Lipinski definition) is 1. The Morgan fingerprint density at radius 3 is 2.60 bits per heavy atom. The Morgan fingerprint density at radius 2 is 2.00 bits per heavy atom. The topological polar surface area (TPSA) is 9.23 Å². The number of benzene rings is 1. The standard InChI is InChI=1S/C18H27IO/c1-13-9-15(11-18(3,4)10-13)20-17(12-19)16-8-6-5-7-14(16)2/h5-8,13,15,17H,9-12H2,1-4H3. The van der Waals surface area contributed by atoms with Crippen LogP contribution in [0.25, 0.3) is 0 Å². The lowest BCUT2D eigenvalue weighted by atomic mass is 9.71. The second-order valence-electron chi connectivity index (χ2n) is 7.17. The summed E-state index contributed by atoms with van der Waals surface area (Å²) in [5, 5.41) is 0. The summed E-state index contributed by atoms with van der Waals surface area (Å²) in [6.45, 7) is 9.31. The zero-order valence-electron chi connectivity index (χ0n) is 13.2. The Hall–Kier alpha value is -0.0900. The van der Waals surface area contributed by atoms with Crippen LogP contribution in [-0.4, -0.2) is 10.5 Å². The van der Waals surface area contributed by atoms with E-state index >= 15 is 0 Å². The van der Waals surface area contributed by atoms with Crippen molar-refractivity contribution in [3.8, 4) is 0 Å². The zero-order valence-corrected chi connectivity index (χ0v) is 15.3. The molecule has 2 heteroatoms. The maximum absolute atomic E-state index is 6.51. The van der Waals surface area contributed by atoms with E-state index in [1.807, 2.05) is 0 Å². The fraction of sp³-hybridized carbons (Fsp3) is 0.667. The Morgan fingerprint density at radius 1 is 1.30 bits per heavy atom. The summed E-state index contributed by atoms with van der Waals surface area (Å²) < 4.78 is 7.53. The SMILES string of the molecule is Cc1ccccc1C(CI)OC1CC(C)CC(C)(C)C1. The minimum absolute atomic E-state index is 0.239. The first-order valence-corrected chi connectivity index (χ1v) is 9.21. The number of hydrogen-bond donors (Lipinski definition) is 0. The molecule has 0 aliphatic heterocycles. The summed E-state index contributed by atoms with van der Waals surface area (Å²) in [5.74, 6) is 0.774. The largest absolute Gasteiger partial charge is 0.369 e. The Kier molecular flexibility index (Phi) is 5.52. The van der Waals surface area contributed by atoms with Crippen LogP contribution < -0.4 is 0 Å².